The number of unbranched alkanes of at least 4 members (excludes halogenated alkanes) is 5. The maximum absolute atomic E-state index is 12.4. The molecule has 0 heterocycles. The van der Waals surface area contributed by atoms with E-state index in [0.717, 1.165) is 69.2 Å². The van der Waals surface area contributed by atoms with Gasteiger partial charge in [0.2, 0.25) is 0 Å². The van der Waals surface area contributed by atoms with E-state index < -0.39 is 11.9 Å². The van der Waals surface area contributed by atoms with Gasteiger partial charge in [0.05, 0.1) is 0 Å². The zero-order chi connectivity index (χ0) is 27.3. The number of aliphatic hydroxyl groups excluding tert-OH is 1. The summed E-state index contributed by atoms with van der Waals surface area (Å²) < 4.78 is 0. The van der Waals surface area contributed by atoms with Crippen molar-refractivity contribution in [3.8, 4) is 11.1 Å². The first kappa shape index (κ1) is 31.5. The van der Waals surface area contributed by atoms with Crippen molar-refractivity contribution < 1.29 is 29.7 Å². The van der Waals surface area contributed by atoms with Crippen molar-refractivity contribution in [2.75, 3.05) is 13.2 Å². The molecule has 0 aromatic heterocycles. The van der Waals surface area contributed by atoms with E-state index in [1.54, 1.807) is 0 Å². The van der Waals surface area contributed by atoms with Crippen LogP contribution in [0.5, 0.6) is 0 Å². The van der Waals surface area contributed by atoms with E-state index in [0.29, 0.717) is 18.6 Å². The highest BCUT2D eigenvalue weighted by Gasteiger charge is 2.06. The molecule has 0 aliphatic rings. The van der Waals surface area contributed by atoms with E-state index in [2.05, 4.69) is 36.2 Å². The number of aliphatic carboxylic acids is 2. The average Bonchev–Trinajstić information content (AvgIpc) is 2.90. The van der Waals surface area contributed by atoms with Gasteiger partial charge in [-0.1, -0.05) is 80.3 Å². The van der Waals surface area contributed by atoms with E-state index in [9.17, 15) is 14.4 Å². The number of hydrogen-bond acceptors (Lipinski definition) is 5. The minimum absolute atomic E-state index is 0.229. The zero-order valence-corrected chi connectivity index (χ0v) is 21.4. The number of carbonyl (C=O) groups is 3. The van der Waals surface area contributed by atoms with Crippen LogP contribution in [0, 0.1) is 0 Å². The number of ketones is 1. The zero-order valence-electron chi connectivity index (χ0n) is 21.4. The van der Waals surface area contributed by atoms with Crippen molar-refractivity contribution in [1.82, 2.24) is 5.32 Å². The van der Waals surface area contributed by atoms with Crippen LogP contribution in [0.15, 0.2) is 73.3 Å². The fourth-order valence-electron chi connectivity index (χ4n) is 3.49. The van der Waals surface area contributed by atoms with Crippen LogP contribution in [0.4, 0.5) is 0 Å². The van der Waals surface area contributed by atoms with E-state index in [-0.39, 0.29) is 12.4 Å². The maximum atomic E-state index is 12.4. The molecule has 0 unspecified atom stereocenters. The summed E-state index contributed by atoms with van der Waals surface area (Å²) in [5.74, 6) is -2.28. The second-order valence-electron chi connectivity index (χ2n) is 8.56. The Morgan fingerprint density at radius 1 is 0.757 bits per heavy atom. The predicted molar refractivity (Wildman–Crippen MR) is 147 cm³/mol. The predicted octanol–water partition coefficient (Wildman–Crippen LogP) is 5.64. The summed E-state index contributed by atoms with van der Waals surface area (Å²) in [5.41, 5.74) is 4.37. The number of benzene rings is 2. The fraction of sp³-hybridized carbons (Fsp3) is 0.367. The van der Waals surface area contributed by atoms with E-state index in [1.807, 2.05) is 30.3 Å². The molecule has 0 aliphatic heterocycles. The molecule has 4 N–H and O–H groups in total. The lowest BCUT2D eigenvalue weighted by Crippen LogP contribution is -2.13. The normalized spacial score (nSPS) is 10.5. The van der Waals surface area contributed by atoms with Gasteiger partial charge in [0.25, 0.3) is 0 Å². The molecule has 0 saturated carbocycles. The van der Waals surface area contributed by atoms with Gasteiger partial charge >= 0.3 is 11.9 Å². The van der Waals surface area contributed by atoms with Crippen LogP contribution in [-0.2, 0) is 16.1 Å². The van der Waals surface area contributed by atoms with Crippen molar-refractivity contribution in [2.24, 2.45) is 0 Å². The van der Waals surface area contributed by atoms with Gasteiger partial charge in [-0.05, 0) is 42.5 Å². The largest absolute Gasteiger partial charge is 0.478 e. The summed E-state index contributed by atoms with van der Waals surface area (Å²) in [7, 11) is 0. The van der Waals surface area contributed by atoms with Crippen LogP contribution in [0.1, 0.15) is 67.3 Å². The van der Waals surface area contributed by atoms with Crippen molar-refractivity contribution in [3.63, 3.8) is 0 Å². The highest BCUT2D eigenvalue weighted by molar-refractivity contribution is 5.96. The van der Waals surface area contributed by atoms with Crippen LogP contribution in [-0.4, -0.2) is 46.2 Å². The van der Waals surface area contributed by atoms with Gasteiger partial charge in [0, 0.05) is 37.3 Å². The van der Waals surface area contributed by atoms with Crippen LogP contribution >= 0.6 is 0 Å². The number of carbonyl (C=O) groups excluding carboxylic acids is 1. The number of nitrogens with one attached hydrogen (secondary N) is 1. The summed E-state index contributed by atoms with van der Waals surface area (Å²) in [4.78, 5) is 31.5. The van der Waals surface area contributed by atoms with Gasteiger partial charge in [0.1, 0.15) is 0 Å². The molecule has 0 atom stereocenters. The van der Waals surface area contributed by atoms with Gasteiger partial charge in [-0.15, -0.1) is 6.58 Å². The van der Waals surface area contributed by atoms with Crippen molar-refractivity contribution in [3.05, 3.63) is 84.5 Å². The van der Waals surface area contributed by atoms with Crippen LogP contribution in [0.3, 0.4) is 0 Å². The quantitative estimate of drug-likeness (QED) is 0.0942. The molecular formula is C30H39NO6. The highest BCUT2D eigenvalue weighted by Crippen LogP contribution is 2.21. The molecule has 0 radical (unpaired) electrons. The lowest BCUT2D eigenvalue weighted by molar-refractivity contribution is -0.134. The van der Waals surface area contributed by atoms with Crippen molar-refractivity contribution in [1.29, 1.82) is 0 Å². The van der Waals surface area contributed by atoms with Crippen LogP contribution < -0.4 is 5.32 Å². The van der Waals surface area contributed by atoms with E-state index in [1.165, 1.54) is 11.1 Å². The average molecular weight is 510 g/mol. The maximum Gasteiger partial charge on any atom is 0.328 e. The molecule has 0 fully saturated rings. The van der Waals surface area contributed by atoms with Gasteiger partial charge in [0.15, 0.2) is 5.78 Å². The summed E-state index contributed by atoms with van der Waals surface area (Å²) in [6.07, 6.45) is 10.9. The Hall–Kier alpha value is -3.55. The number of aliphatic hydroxyl groups is 1. The molecule has 7 nitrogen and oxygen atoms in total. The smallest absolute Gasteiger partial charge is 0.328 e. The van der Waals surface area contributed by atoms with Crippen molar-refractivity contribution >= 4 is 17.7 Å². The van der Waals surface area contributed by atoms with Gasteiger partial charge in [-0.3, -0.25) is 4.79 Å². The highest BCUT2D eigenvalue weighted by atomic mass is 16.4. The Morgan fingerprint density at radius 2 is 1.27 bits per heavy atom. The monoisotopic (exact) mass is 509 g/mol. The summed E-state index contributed by atoms with van der Waals surface area (Å²) in [5, 5.41) is 27.8. The number of Topliss-reactive ketones (excluding diaryl/α,β-unsaturated/α-hetero) is 1. The second kappa shape index (κ2) is 19.6. The first-order valence-corrected chi connectivity index (χ1v) is 12.7. The molecule has 0 bridgehead atoms. The minimum Gasteiger partial charge on any atom is -0.478 e. The number of hydrogen-bond donors (Lipinski definition) is 4. The number of carboxylic acids is 2. The Labute approximate surface area is 219 Å². The van der Waals surface area contributed by atoms with E-state index in [4.69, 9.17) is 15.3 Å². The molecule has 0 saturated heterocycles. The van der Waals surface area contributed by atoms with E-state index >= 15 is 0 Å². The molecular weight excluding hydrogens is 470 g/mol. The standard InChI is InChI=1S/C26H35NO2.C4H4O4/c1-2-3-19-27-21-22-11-13-23(14-12-22)24-15-17-25(18-16-24)26(29)10-8-6-4-5-7-9-20-28;5-3(6)1-2-4(7)8/h2,11-18,27-28H,1,3-10,19-21H2;1-2H,(H,5,6)(H,7,8). The molecule has 2 aromatic rings. The van der Waals surface area contributed by atoms with Crippen LogP contribution in [0.2, 0.25) is 0 Å². The minimum atomic E-state index is -1.26. The Bertz CT molecular complexity index is 964. The van der Waals surface area contributed by atoms with Crippen LogP contribution in [0.25, 0.3) is 11.1 Å². The fourth-order valence-corrected chi connectivity index (χ4v) is 3.49. The molecule has 2 rings (SSSR count). The molecule has 0 amide bonds. The first-order valence-electron chi connectivity index (χ1n) is 12.7. The Morgan fingerprint density at radius 3 is 1.78 bits per heavy atom. The molecule has 2 aromatic carbocycles. The van der Waals surface area contributed by atoms with Gasteiger partial charge in [-0.2, -0.15) is 0 Å². The third-order valence-corrected chi connectivity index (χ3v) is 5.53. The molecule has 37 heavy (non-hydrogen) atoms. The summed E-state index contributed by atoms with van der Waals surface area (Å²) in [6.45, 7) is 5.83. The van der Waals surface area contributed by atoms with Crippen molar-refractivity contribution in [2.45, 2.75) is 57.9 Å². The second-order valence-corrected chi connectivity index (χ2v) is 8.56. The molecule has 0 spiro atoms. The third-order valence-electron chi connectivity index (χ3n) is 5.53. The topological polar surface area (TPSA) is 124 Å². The Balaban J connectivity index is 0.000000738. The lowest BCUT2D eigenvalue weighted by atomic mass is 9.99. The number of rotatable bonds is 17. The van der Waals surface area contributed by atoms with Gasteiger partial charge < -0.3 is 20.6 Å². The van der Waals surface area contributed by atoms with Gasteiger partial charge in [-0.25, -0.2) is 9.59 Å². The molecule has 0 aliphatic carbocycles. The molecule has 200 valence electrons. The summed E-state index contributed by atoms with van der Waals surface area (Å²) >= 11 is 0. The molecule has 7 heteroatoms. The first-order chi connectivity index (χ1) is 17.9. The lowest BCUT2D eigenvalue weighted by Gasteiger charge is -2.07. The summed E-state index contributed by atoms with van der Waals surface area (Å²) in [6, 6.07) is 16.5. The third kappa shape index (κ3) is 15.2. The Kier molecular flexibility index (Phi) is 16.7. The number of carboxylic acid groups (broad SMARTS) is 2. The SMILES string of the molecule is C=CCCNCc1ccc(-c2ccc(C(=O)CCCCCCCCO)cc2)cc1.O=C(O)C=CC(=O)O.